The first-order valence-corrected chi connectivity index (χ1v) is 10.8. The quantitative estimate of drug-likeness (QED) is 0.528. The Hall–Kier alpha value is -3.30. The molecule has 1 fully saturated rings. The third kappa shape index (κ3) is 4.74. The summed E-state index contributed by atoms with van der Waals surface area (Å²) in [4.78, 5) is 24.8. The molecule has 2 N–H and O–H groups in total. The molecule has 0 spiro atoms. The Bertz CT molecular complexity index is 1190. The lowest BCUT2D eigenvalue weighted by atomic mass is 10.1. The number of aromatic hydroxyl groups is 1. The molecule has 3 aromatic rings. The molecule has 0 unspecified atom stereocenters. The monoisotopic (exact) mass is 471 g/mol. The summed E-state index contributed by atoms with van der Waals surface area (Å²) in [5.41, 5.74) is 1.34. The van der Waals surface area contributed by atoms with E-state index in [4.69, 9.17) is 21.1 Å². The van der Waals surface area contributed by atoms with E-state index in [-0.39, 0.29) is 28.8 Å². The van der Waals surface area contributed by atoms with Gasteiger partial charge < -0.3 is 24.8 Å². The second-order valence-electron chi connectivity index (χ2n) is 8.20. The number of nitrogens with zero attached hydrogens (tertiary/aromatic N) is 4. The highest BCUT2D eigenvalue weighted by atomic mass is 35.5. The maximum atomic E-state index is 12.5. The number of anilines is 2. The summed E-state index contributed by atoms with van der Waals surface area (Å²) in [5, 5.41) is 13.8. The molecule has 1 saturated heterocycles. The number of likely N-dealkylation sites (N-methyl/N-ethyl adjacent to an activating group) is 2. The van der Waals surface area contributed by atoms with E-state index in [1.165, 1.54) is 12.4 Å². The van der Waals surface area contributed by atoms with Gasteiger partial charge in [0, 0.05) is 44.2 Å². The molecule has 0 aliphatic carbocycles. The van der Waals surface area contributed by atoms with Gasteiger partial charge in [-0.1, -0.05) is 11.6 Å². The van der Waals surface area contributed by atoms with Crippen LogP contribution >= 0.6 is 11.6 Å². The van der Waals surface area contributed by atoms with Gasteiger partial charge in [-0.25, -0.2) is 9.97 Å². The Kier molecular flexibility index (Phi) is 6.44. The van der Waals surface area contributed by atoms with Crippen molar-refractivity contribution in [2.24, 2.45) is 0 Å². The van der Waals surface area contributed by atoms with Gasteiger partial charge in [-0.05, 0) is 31.3 Å². The summed E-state index contributed by atoms with van der Waals surface area (Å²) < 4.78 is 11.9. The van der Waals surface area contributed by atoms with E-state index in [0.717, 1.165) is 5.39 Å². The molecule has 1 aliphatic rings. The smallest absolute Gasteiger partial charge is 0.239 e. The number of aromatic nitrogens is 2. The molecule has 0 bridgehead atoms. The van der Waals surface area contributed by atoms with Crippen molar-refractivity contribution in [3.63, 3.8) is 0 Å². The van der Waals surface area contributed by atoms with Crippen LogP contribution < -0.4 is 14.8 Å². The van der Waals surface area contributed by atoms with Crippen molar-refractivity contribution in [3.05, 3.63) is 41.7 Å². The number of carbonyl (C=O) groups is 1. The number of nitrogens with one attached hydrogen (secondary N) is 1. The first-order chi connectivity index (χ1) is 15.8. The number of fused-ring (bicyclic) bond motifs is 1. The fraction of sp³-hybridized carbons (Fsp3) is 0.348. The van der Waals surface area contributed by atoms with Gasteiger partial charge >= 0.3 is 0 Å². The molecule has 0 radical (unpaired) electrons. The Morgan fingerprint density at radius 2 is 2.03 bits per heavy atom. The molecule has 1 aliphatic heterocycles. The van der Waals surface area contributed by atoms with Crippen LogP contribution in [-0.2, 0) is 4.79 Å². The van der Waals surface area contributed by atoms with E-state index in [1.54, 1.807) is 44.3 Å². The van der Waals surface area contributed by atoms with Crippen molar-refractivity contribution in [2.75, 3.05) is 40.1 Å². The molecule has 33 heavy (non-hydrogen) atoms. The van der Waals surface area contributed by atoms with Gasteiger partial charge in [-0.15, -0.1) is 0 Å². The Labute approximate surface area is 196 Å². The number of likely N-dealkylation sites (tertiary alicyclic amines) is 1. The van der Waals surface area contributed by atoms with Crippen molar-refractivity contribution in [1.29, 1.82) is 0 Å². The maximum absolute atomic E-state index is 12.5. The number of phenolic OH excluding ortho intramolecular Hbond substituents is 1. The van der Waals surface area contributed by atoms with Crippen LogP contribution in [0, 0.1) is 0 Å². The highest BCUT2D eigenvalue weighted by molar-refractivity contribution is 6.32. The fourth-order valence-corrected chi connectivity index (χ4v) is 4.12. The third-order valence-electron chi connectivity index (χ3n) is 5.66. The van der Waals surface area contributed by atoms with Gasteiger partial charge in [0.15, 0.2) is 11.5 Å². The lowest BCUT2D eigenvalue weighted by Crippen LogP contribution is -2.40. The van der Waals surface area contributed by atoms with Gasteiger partial charge in [0.2, 0.25) is 5.91 Å². The van der Waals surface area contributed by atoms with Crippen LogP contribution in [-0.4, -0.2) is 77.7 Å². The normalized spacial score (nSPS) is 18.3. The minimum atomic E-state index is -0.226. The van der Waals surface area contributed by atoms with Gasteiger partial charge in [-0.3, -0.25) is 9.69 Å². The van der Waals surface area contributed by atoms with Crippen molar-refractivity contribution >= 4 is 39.9 Å². The zero-order valence-electron chi connectivity index (χ0n) is 18.9. The highest BCUT2D eigenvalue weighted by Crippen LogP contribution is 2.37. The number of hydrogen-bond donors (Lipinski definition) is 2. The molecule has 1 amide bonds. The summed E-state index contributed by atoms with van der Waals surface area (Å²) >= 11 is 6.03. The number of amides is 1. The molecule has 2 heterocycles. The third-order valence-corrected chi connectivity index (χ3v) is 5.96. The van der Waals surface area contributed by atoms with E-state index >= 15 is 0 Å². The minimum absolute atomic E-state index is 0.00256. The van der Waals surface area contributed by atoms with Gasteiger partial charge in [0.1, 0.15) is 24.0 Å². The van der Waals surface area contributed by atoms with Crippen molar-refractivity contribution in [1.82, 2.24) is 19.8 Å². The number of rotatable bonds is 6. The predicted octanol–water partition coefficient (Wildman–Crippen LogP) is 3.28. The number of carbonyl (C=O) groups excluding carboxylic acids is 1. The first kappa shape index (κ1) is 22.9. The minimum Gasteiger partial charge on any atom is -0.506 e. The van der Waals surface area contributed by atoms with Gasteiger partial charge in [0.05, 0.1) is 23.7 Å². The average molecular weight is 472 g/mol. The molecule has 1 aromatic heterocycles. The molecule has 174 valence electrons. The summed E-state index contributed by atoms with van der Waals surface area (Å²) in [6.07, 6.45) is 1.86. The second kappa shape index (κ2) is 9.29. The van der Waals surface area contributed by atoms with Crippen LogP contribution in [0.1, 0.15) is 6.42 Å². The largest absolute Gasteiger partial charge is 0.506 e. The van der Waals surface area contributed by atoms with Crippen LogP contribution in [0.5, 0.6) is 17.2 Å². The van der Waals surface area contributed by atoms with Crippen LogP contribution in [0.2, 0.25) is 5.02 Å². The van der Waals surface area contributed by atoms with E-state index < -0.39 is 0 Å². The number of hydrogen-bond acceptors (Lipinski definition) is 8. The lowest BCUT2D eigenvalue weighted by Gasteiger charge is -2.21. The van der Waals surface area contributed by atoms with Crippen LogP contribution in [0.3, 0.4) is 0 Å². The van der Waals surface area contributed by atoms with Crippen molar-refractivity contribution < 1.29 is 19.4 Å². The van der Waals surface area contributed by atoms with E-state index in [2.05, 4.69) is 15.3 Å². The van der Waals surface area contributed by atoms with Crippen LogP contribution in [0.15, 0.2) is 36.7 Å². The summed E-state index contributed by atoms with van der Waals surface area (Å²) in [6, 6.07) is 8.22. The van der Waals surface area contributed by atoms with Gasteiger partial charge in [-0.2, -0.15) is 0 Å². The van der Waals surface area contributed by atoms with Crippen molar-refractivity contribution in [2.45, 2.75) is 18.6 Å². The topological polar surface area (TPSA) is 100 Å². The average Bonchev–Trinajstić information content (AvgIpc) is 3.15. The number of ether oxygens (including phenoxy) is 2. The molecule has 4 rings (SSSR count). The number of halogens is 1. The fourth-order valence-electron chi connectivity index (χ4n) is 3.94. The van der Waals surface area contributed by atoms with Crippen molar-refractivity contribution in [3.8, 4) is 17.2 Å². The lowest BCUT2D eigenvalue weighted by molar-refractivity contribution is -0.133. The number of benzene rings is 2. The first-order valence-electron chi connectivity index (χ1n) is 10.4. The zero-order chi connectivity index (χ0) is 23.7. The Balaban J connectivity index is 1.64. The molecule has 2 aromatic carbocycles. The van der Waals surface area contributed by atoms with E-state index in [0.29, 0.717) is 41.5 Å². The molecular formula is C23H26ClN5O4. The maximum Gasteiger partial charge on any atom is 0.239 e. The van der Waals surface area contributed by atoms with E-state index in [9.17, 15) is 9.90 Å². The van der Waals surface area contributed by atoms with E-state index in [1.807, 2.05) is 18.0 Å². The Morgan fingerprint density at radius 3 is 2.73 bits per heavy atom. The zero-order valence-corrected chi connectivity index (χ0v) is 19.6. The summed E-state index contributed by atoms with van der Waals surface area (Å²) in [7, 11) is 7.01. The molecule has 10 heteroatoms. The SMILES string of the molecule is COc1cc2ncnc(Nc3ccc(O)c(Cl)c3)c2cc1O[C@H]1C[C@H](C(=O)N(C)C)N(C)C1. The standard InChI is InChI=1S/C23H26ClN5O4/c1-28(2)23(31)18-8-14(11-29(18)3)33-21-9-15-17(10-20(21)32-4)25-12-26-22(15)27-13-5-6-19(30)16(24)7-13/h5-7,9-10,12,14,18,30H,8,11H2,1-4H3,(H,25,26,27)/t14-,18+/m0/s1. The van der Waals surface area contributed by atoms with Crippen LogP contribution in [0.25, 0.3) is 10.9 Å². The second-order valence-corrected chi connectivity index (χ2v) is 8.60. The Morgan fingerprint density at radius 1 is 1.24 bits per heavy atom. The van der Waals surface area contributed by atoms with Gasteiger partial charge in [0.25, 0.3) is 0 Å². The highest BCUT2D eigenvalue weighted by Gasteiger charge is 2.36. The molecule has 0 saturated carbocycles. The molecule has 9 nitrogen and oxygen atoms in total. The molecular weight excluding hydrogens is 446 g/mol. The number of phenols is 1. The molecule has 2 atom stereocenters. The number of methoxy groups -OCH3 is 1. The summed E-state index contributed by atoms with van der Waals surface area (Å²) in [6.45, 7) is 0.619. The predicted molar refractivity (Wildman–Crippen MR) is 127 cm³/mol. The summed E-state index contributed by atoms with van der Waals surface area (Å²) in [5.74, 6) is 1.70. The van der Waals surface area contributed by atoms with Crippen LogP contribution in [0.4, 0.5) is 11.5 Å².